The van der Waals surface area contributed by atoms with Gasteiger partial charge < -0.3 is 24.6 Å². The number of ketones is 1. The van der Waals surface area contributed by atoms with E-state index < -0.39 is 5.82 Å². The predicted octanol–water partition coefficient (Wildman–Crippen LogP) is 7.46. The molecule has 0 radical (unpaired) electrons. The van der Waals surface area contributed by atoms with E-state index in [1.807, 2.05) is 30.3 Å². The van der Waals surface area contributed by atoms with Crippen LogP contribution >= 0.6 is 11.3 Å². The molecule has 1 spiro atoms. The topological polar surface area (TPSA) is 101 Å². The van der Waals surface area contributed by atoms with Crippen LogP contribution in [0.2, 0.25) is 0 Å². The van der Waals surface area contributed by atoms with Gasteiger partial charge in [0.25, 0.3) is 11.8 Å². The lowest BCUT2D eigenvalue weighted by Crippen LogP contribution is -2.59. The number of thiophene rings is 1. The molecule has 2 saturated heterocycles. The van der Waals surface area contributed by atoms with Crippen LogP contribution in [0.25, 0.3) is 10.4 Å². The van der Waals surface area contributed by atoms with Gasteiger partial charge in [0, 0.05) is 78.6 Å². The van der Waals surface area contributed by atoms with Crippen molar-refractivity contribution < 1.29 is 28.2 Å². The fourth-order valence-corrected chi connectivity index (χ4v) is 8.60. The fraction of sp³-hybridized carbons (Fsp3) is 0.268. The van der Waals surface area contributed by atoms with Crippen LogP contribution < -0.4 is 19.9 Å². The molecule has 0 unspecified atom stereocenters. The van der Waals surface area contributed by atoms with E-state index in [1.165, 1.54) is 24.5 Å². The molecule has 3 aliphatic rings. The monoisotopic (exact) mass is 716 g/mol. The number of rotatable bonds is 8. The third-order valence-corrected chi connectivity index (χ3v) is 11.6. The third kappa shape index (κ3) is 6.46. The first-order valence-corrected chi connectivity index (χ1v) is 18.2. The van der Waals surface area contributed by atoms with Gasteiger partial charge >= 0.3 is 0 Å². The smallest absolute Gasteiger partial charge is 0.259 e. The number of pyridine rings is 1. The second-order valence-corrected chi connectivity index (χ2v) is 14.7. The highest BCUT2D eigenvalue weighted by Gasteiger charge is 2.45. The highest BCUT2D eigenvalue weighted by molar-refractivity contribution is 7.17. The second kappa shape index (κ2) is 14.0. The van der Waals surface area contributed by atoms with Crippen LogP contribution in [0.5, 0.6) is 5.75 Å². The van der Waals surface area contributed by atoms with E-state index in [2.05, 4.69) is 15.2 Å². The van der Waals surface area contributed by atoms with Crippen molar-refractivity contribution in [3.63, 3.8) is 0 Å². The summed E-state index contributed by atoms with van der Waals surface area (Å²) in [4.78, 5) is 50.7. The molecule has 5 heterocycles. The van der Waals surface area contributed by atoms with Gasteiger partial charge in [0.15, 0.2) is 5.78 Å². The Morgan fingerprint density at radius 3 is 2.54 bits per heavy atom. The maximum absolute atomic E-state index is 14.6. The zero-order valence-corrected chi connectivity index (χ0v) is 29.5. The zero-order chi connectivity index (χ0) is 35.8. The van der Waals surface area contributed by atoms with Crippen molar-refractivity contribution in [1.82, 2.24) is 4.98 Å². The fourth-order valence-electron chi connectivity index (χ4n) is 7.41. The zero-order valence-electron chi connectivity index (χ0n) is 28.7. The average Bonchev–Trinajstić information content (AvgIpc) is 3.53. The Morgan fingerprint density at radius 2 is 1.77 bits per heavy atom. The molecule has 0 saturated carbocycles. The number of halogens is 1. The van der Waals surface area contributed by atoms with E-state index in [1.54, 1.807) is 59.6 Å². The lowest BCUT2D eigenvalue weighted by molar-refractivity contribution is -0.000510. The Morgan fingerprint density at radius 1 is 0.981 bits per heavy atom. The van der Waals surface area contributed by atoms with Gasteiger partial charge in [-0.2, -0.15) is 0 Å². The minimum absolute atomic E-state index is 0.0589. The van der Waals surface area contributed by atoms with E-state index in [4.69, 9.17) is 9.47 Å². The summed E-state index contributed by atoms with van der Waals surface area (Å²) in [7, 11) is 1.47. The van der Waals surface area contributed by atoms with Gasteiger partial charge in [0.05, 0.1) is 23.2 Å². The first kappa shape index (κ1) is 33.7. The number of carbonyl (C=O) groups excluding carboxylic acids is 3. The molecule has 1 N–H and O–H groups in total. The lowest BCUT2D eigenvalue weighted by Gasteiger charge is -2.53. The Hall–Kier alpha value is -5.39. The number of para-hydroxylation sites is 1. The van der Waals surface area contributed by atoms with E-state index >= 15 is 0 Å². The highest BCUT2D eigenvalue weighted by atomic mass is 32.1. The molecular formula is C41H37FN4O5S. The van der Waals surface area contributed by atoms with Crippen LogP contribution in [0.3, 0.4) is 0 Å². The molecule has 264 valence electrons. The maximum Gasteiger partial charge on any atom is 0.259 e. The Bertz CT molecular complexity index is 2170. The summed E-state index contributed by atoms with van der Waals surface area (Å²) in [5.74, 6) is 0.0176. The van der Waals surface area contributed by atoms with Crippen LogP contribution in [-0.4, -0.2) is 62.5 Å². The van der Waals surface area contributed by atoms with E-state index in [-0.39, 0.29) is 29.4 Å². The molecule has 52 heavy (non-hydrogen) atoms. The average molecular weight is 717 g/mol. The highest BCUT2D eigenvalue weighted by Crippen LogP contribution is 2.43. The predicted molar refractivity (Wildman–Crippen MR) is 199 cm³/mol. The number of benzene rings is 3. The molecule has 3 aliphatic heterocycles. The number of hydrogen-bond donors (Lipinski definition) is 1. The van der Waals surface area contributed by atoms with Gasteiger partial charge in [-0.15, -0.1) is 11.3 Å². The number of hydrogen-bond acceptors (Lipinski definition) is 8. The summed E-state index contributed by atoms with van der Waals surface area (Å²) in [6.45, 7) is 3.70. The maximum atomic E-state index is 14.6. The molecule has 0 bridgehead atoms. The molecule has 3 aromatic carbocycles. The lowest BCUT2D eigenvalue weighted by atomic mass is 9.73. The minimum Gasteiger partial charge on any atom is -0.497 e. The number of Topliss-reactive ketones (excluding diaryl/α,β-unsaturated/α-hetero) is 1. The van der Waals surface area contributed by atoms with Crippen molar-refractivity contribution in [2.75, 3.05) is 55.1 Å². The quantitative estimate of drug-likeness (QED) is 0.167. The summed E-state index contributed by atoms with van der Waals surface area (Å²) < 4.78 is 25.2. The van der Waals surface area contributed by atoms with Crippen molar-refractivity contribution in [3.8, 4) is 16.2 Å². The summed E-state index contributed by atoms with van der Waals surface area (Å²) >= 11 is 1.37. The number of aromatic nitrogens is 1. The first-order chi connectivity index (χ1) is 25.3. The van der Waals surface area contributed by atoms with Crippen LogP contribution in [0, 0.1) is 11.2 Å². The van der Waals surface area contributed by atoms with Gasteiger partial charge in [0.1, 0.15) is 17.4 Å². The standard InChI is InChI=1S/C41H37FN4O5S/c1-50-30-13-10-27(33(42)23-30)21-35(47)36-22-28-14-18-46(34-7-3-2-5-31(34)37(28)52-36)40(49)26-8-11-29(12-9-26)44-39(48)32-6-4-17-43-38(32)45-24-41(25-45)15-19-51-20-16-41/h2-13,17,22-23H,14-16,18-21,24-25H2,1H3,(H,44,48). The number of anilines is 3. The summed E-state index contributed by atoms with van der Waals surface area (Å²) in [6, 6.07) is 24.6. The van der Waals surface area contributed by atoms with Crippen LogP contribution in [0.4, 0.5) is 21.6 Å². The molecule has 2 fully saturated rings. The van der Waals surface area contributed by atoms with Crippen LogP contribution in [0.15, 0.2) is 91.1 Å². The third-order valence-electron chi connectivity index (χ3n) is 10.3. The molecule has 9 nitrogen and oxygen atoms in total. The molecule has 2 amide bonds. The van der Waals surface area contributed by atoms with Crippen LogP contribution in [0.1, 0.15) is 54.4 Å². The van der Waals surface area contributed by atoms with Crippen molar-refractivity contribution >= 4 is 46.1 Å². The number of amides is 2. The van der Waals surface area contributed by atoms with E-state index in [9.17, 15) is 18.8 Å². The number of nitrogens with zero attached hydrogens (tertiary/aromatic N) is 3. The van der Waals surface area contributed by atoms with Gasteiger partial charge in [-0.05, 0) is 85.0 Å². The molecule has 8 rings (SSSR count). The van der Waals surface area contributed by atoms with Crippen molar-refractivity contribution in [2.45, 2.75) is 25.7 Å². The second-order valence-electron chi connectivity index (χ2n) is 13.6. The first-order valence-electron chi connectivity index (χ1n) is 17.4. The van der Waals surface area contributed by atoms with Crippen molar-refractivity contribution in [1.29, 1.82) is 0 Å². The number of fused-ring (bicyclic) bond motifs is 3. The largest absolute Gasteiger partial charge is 0.497 e. The van der Waals surface area contributed by atoms with Gasteiger partial charge in [-0.3, -0.25) is 14.4 Å². The SMILES string of the molecule is COc1ccc(CC(=O)c2cc3c(s2)-c2ccccc2N(C(=O)c2ccc(NC(=O)c4cccnc4N4CC5(CCOCC5)C4)cc2)CC3)c(F)c1. The Balaban J connectivity index is 0.960. The molecule has 11 heteroatoms. The van der Waals surface area contributed by atoms with Crippen molar-refractivity contribution in [3.05, 3.63) is 124 Å². The summed E-state index contributed by atoms with van der Waals surface area (Å²) in [6.07, 6.45) is 4.25. The Kier molecular flexibility index (Phi) is 9.06. The minimum atomic E-state index is -0.478. The Labute approximate surface area is 305 Å². The molecule has 0 atom stereocenters. The normalized spacial score (nSPS) is 16.0. The van der Waals surface area contributed by atoms with Gasteiger partial charge in [-0.25, -0.2) is 9.37 Å². The van der Waals surface area contributed by atoms with Crippen molar-refractivity contribution in [2.24, 2.45) is 5.41 Å². The molecule has 5 aromatic rings. The van der Waals surface area contributed by atoms with E-state index in [0.29, 0.717) is 51.8 Å². The molecule has 0 aliphatic carbocycles. The molecular weight excluding hydrogens is 680 g/mol. The number of ether oxygens (including phenoxy) is 2. The number of carbonyl (C=O) groups is 3. The summed E-state index contributed by atoms with van der Waals surface area (Å²) in [5, 5.41) is 2.99. The number of nitrogens with one attached hydrogen (secondary N) is 1. The summed E-state index contributed by atoms with van der Waals surface area (Å²) in [5.41, 5.74) is 4.72. The van der Waals surface area contributed by atoms with Gasteiger partial charge in [0.2, 0.25) is 0 Å². The van der Waals surface area contributed by atoms with E-state index in [0.717, 1.165) is 60.8 Å². The number of methoxy groups -OCH3 is 1. The molecule has 2 aromatic heterocycles. The van der Waals surface area contributed by atoms with Crippen LogP contribution in [-0.2, 0) is 17.6 Å². The van der Waals surface area contributed by atoms with Gasteiger partial charge in [-0.1, -0.05) is 24.3 Å².